The van der Waals surface area contributed by atoms with E-state index in [9.17, 15) is 9.59 Å². The van der Waals surface area contributed by atoms with Crippen LogP contribution in [0.4, 0.5) is 4.79 Å². The Morgan fingerprint density at radius 3 is 2.62 bits per heavy atom. The normalized spacial score (nSPS) is 16.6. The molecule has 1 heterocycles. The van der Waals surface area contributed by atoms with Crippen LogP contribution in [0.5, 0.6) is 11.5 Å². The van der Waals surface area contributed by atoms with E-state index >= 15 is 0 Å². The molecule has 0 bridgehead atoms. The Morgan fingerprint density at radius 2 is 1.96 bits per heavy atom. The smallest absolute Gasteiger partial charge is 0.338 e. The molecule has 2 amide bonds. The van der Waals surface area contributed by atoms with Gasteiger partial charge in [0.15, 0.2) is 0 Å². The molecule has 7 nitrogen and oxygen atoms in total. The molecule has 1 aromatic rings. The van der Waals surface area contributed by atoms with Crippen molar-refractivity contribution in [3.05, 3.63) is 35.0 Å². The minimum atomic E-state index is -0.688. The van der Waals surface area contributed by atoms with Crippen molar-refractivity contribution in [2.45, 2.75) is 39.2 Å². The molecule has 2 N–H and O–H groups in total. The van der Waals surface area contributed by atoms with E-state index in [0.717, 1.165) is 19.3 Å². The van der Waals surface area contributed by atoms with Crippen LogP contribution < -0.4 is 20.1 Å². The van der Waals surface area contributed by atoms with Crippen molar-refractivity contribution in [1.82, 2.24) is 10.6 Å². The number of unbranched alkanes of at least 4 members (excludes halogenated alkanes) is 2. The van der Waals surface area contributed by atoms with Gasteiger partial charge < -0.3 is 24.8 Å². The van der Waals surface area contributed by atoms with Crippen molar-refractivity contribution in [1.29, 1.82) is 0 Å². The topological polar surface area (TPSA) is 85.9 Å². The first-order chi connectivity index (χ1) is 12.5. The third-order valence-electron chi connectivity index (χ3n) is 4.22. The summed E-state index contributed by atoms with van der Waals surface area (Å²) in [5.74, 6) is 0.685. The molecule has 1 unspecified atom stereocenters. The molecule has 7 heteroatoms. The number of esters is 1. The van der Waals surface area contributed by atoms with Crippen molar-refractivity contribution in [3.8, 4) is 11.5 Å². The van der Waals surface area contributed by atoms with Gasteiger partial charge in [-0.05, 0) is 31.5 Å². The molecule has 0 aliphatic carbocycles. The van der Waals surface area contributed by atoms with Crippen LogP contribution in [0, 0.1) is 0 Å². The van der Waals surface area contributed by atoms with Gasteiger partial charge >= 0.3 is 12.0 Å². The van der Waals surface area contributed by atoms with Crippen LogP contribution >= 0.6 is 0 Å². The highest BCUT2D eigenvalue weighted by atomic mass is 16.5. The van der Waals surface area contributed by atoms with Crippen LogP contribution in [0.1, 0.15) is 44.7 Å². The summed E-state index contributed by atoms with van der Waals surface area (Å²) in [5, 5.41) is 5.41. The van der Waals surface area contributed by atoms with Gasteiger partial charge in [0.25, 0.3) is 0 Å². The first-order valence-corrected chi connectivity index (χ1v) is 8.69. The molecule has 1 atom stereocenters. The fourth-order valence-corrected chi connectivity index (χ4v) is 2.86. The second-order valence-corrected chi connectivity index (χ2v) is 6.02. The molecule has 2 rings (SSSR count). The number of rotatable bonds is 8. The Hall–Kier alpha value is -2.70. The van der Waals surface area contributed by atoms with Crippen molar-refractivity contribution < 1.29 is 23.8 Å². The van der Waals surface area contributed by atoms with Crippen LogP contribution in [0.2, 0.25) is 0 Å². The van der Waals surface area contributed by atoms with E-state index in [2.05, 4.69) is 17.6 Å². The van der Waals surface area contributed by atoms with Crippen LogP contribution in [0.25, 0.3) is 0 Å². The lowest BCUT2D eigenvalue weighted by atomic mass is 9.94. The first kappa shape index (κ1) is 19.6. The van der Waals surface area contributed by atoms with E-state index in [1.807, 2.05) is 0 Å². The fraction of sp³-hybridized carbons (Fsp3) is 0.474. The second kappa shape index (κ2) is 9.12. The van der Waals surface area contributed by atoms with E-state index < -0.39 is 12.0 Å². The Bertz CT molecular complexity index is 699. The van der Waals surface area contributed by atoms with E-state index in [-0.39, 0.29) is 6.03 Å². The standard InChI is InChI=1S/C19H26N2O5/c1-5-6-7-10-26-18(22)16-12(2)20-19(23)21-17(16)14-11-13(24-3)8-9-15(14)25-4/h8-9,11,17H,5-7,10H2,1-4H3,(H2,20,21,23). The Kier molecular flexibility index (Phi) is 6.89. The maximum atomic E-state index is 12.7. The van der Waals surface area contributed by atoms with E-state index in [4.69, 9.17) is 14.2 Å². The summed E-state index contributed by atoms with van der Waals surface area (Å²) in [4.78, 5) is 24.7. The average Bonchev–Trinajstić information content (AvgIpc) is 2.63. The average molecular weight is 362 g/mol. The first-order valence-electron chi connectivity index (χ1n) is 8.69. The van der Waals surface area contributed by atoms with Crippen molar-refractivity contribution in [2.24, 2.45) is 0 Å². The number of amides is 2. The van der Waals surface area contributed by atoms with Gasteiger partial charge in [0.2, 0.25) is 0 Å². The third-order valence-corrected chi connectivity index (χ3v) is 4.22. The lowest BCUT2D eigenvalue weighted by molar-refractivity contribution is -0.139. The lowest BCUT2D eigenvalue weighted by Crippen LogP contribution is -2.45. The minimum absolute atomic E-state index is 0.347. The number of ether oxygens (including phenoxy) is 3. The molecule has 0 fully saturated rings. The Labute approximate surface area is 153 Å². The molecule has 0 saturated heterocycles. The van der Waals surface area contributed by atoms with Gasteiger partial charge in [0, 0.05) is 11.3 Å². The highest BCUT2D eigenvalue weighted by Crippen LogP contribution is 2.35. The fourth-order valence-electron chi connectivity index (χ4n) is 2.86. The zero-order valence-corrected chi connectivity index (χ0v) is 15.7. The summed E-state index contributed by atoms with van der Waals surface area (Å²) in [6.45, 7) is 4.11. The zero-order chi connectivity index (χ0) is 19.1. The Morgan fingerprint density at radius 1 is 1.19 bits per heavy atom. The second-order valence-electron chi connectivity index (χ2n) is 6.02. The summed E-state index contributed by atoms with van der Waals surface area (Å²) in [7, 11) is 3.09. The summed E-state index contributed by atoms with van der Waals surface area (Å²) < 4.78 is 16.1. The molecule has 26 heavy (non-hydrogen) atoms. The molecule has 0 radical (unpaired) electrons. The number of hydrogen-bond acceptors (Lipinski definition) is 5. The molecule has 0 saturated carbocycles. The number of hydrogen-bond donors (Lipinski definition) is 2. The number of methoxy groups -OCH3 is 2. The third kappa shape index (κ3) is 4.47. The lowest BCUT2D eigenvalue weighted by Gasteiger charge is -2.29. The maximum Gasteiger partial charge on any atom is 0.338 e. The van der Waals surface area contributed by atoms with E-state index in [0.29, 0.717) is 34.9 Å². The molecule has 1 aliphatic rings. The summed E-state index contributed by atoms with van der Waals surface area (Å²) in [6, 6.07) is 4.16. The number of benzene rings is 1. The predicted octanol–water partition coefficient (Wildman–Crippen LogP) is 3.07. The summed E-state index contributed by atoms with van der Waals surface area (Å²) in [5.41, 5.74) is 1.44. The van der Waals surface area contributed by atoms with Gasteiger partial charge in [-0.3, -0.25) is 0 Å². The predicted molar refractivity (Wildman–Crippen MR) is 97.1 cm³/mol. The summed E-state index contributed by atoms with van der Waals surface area (Å²) in [6.07, 6.45) is 2.84. The number of carbonyl (C=O) groups excluding carboxylic acids is 2. The van der Waals surface area contributed by atoms with Gasteiger partial charge in [-0.2, -0.15) is 0 Å². The van der Waals surface area contributed by atoms with Crippen LogP contribution in [0.15, 0.2) is 29.5 Å². The van der Waals surface area contributed by atoms with Crippen LogP contribution in [0.3, 0.4) is 0 Å². The largest absolute Gasteiger partial charge is 0.497 e. The molecule has 0 aromatic heterocycles. The zero-order valence-electron chi connectivity index (χ0n) is 15.7. The summed E-state index contributed by atoms with van der Waals surface area (Å²) >= 11 is 0. The van der Waals surface area contributed by atoms with Gasteiger partial charge in [0.05, 0.1) is 32.4 Å². The monoisotopic (exact) mass is 362 g/mol. The van der Waals surface area contributed by atoms with Gasteiger partial charge in [0.1, 0.15) is 11.5 Å². The van der Waals surface area contributed by atoms with E-state index in [1.54, 1.807) is 32.2 Å². The maximum absolute atomic E-state index is 12.7. The molecule has 1 aromatic carbocycles. The number of allylic oxidation sites excluding steroid dienone is 1. The van der Waals surface area contributed by atoms with Crippen molar-refractivity contribution in [3.63, 3.8) is 0 Å². The van der Waals surface area contributed by atoms with Gasteiger partial charge in [-0.1, -0.05) is 19.8 Å². The van der Waals surface area contributed by atoms with Crippen molar-refractivity contribution in [2.75, 3.05) is 20.8 Å². The van der Waals surface area contributed by atoms with Crippen LogP contribution in [-0.4, -0.2) is 32.8 Å². The SMILES string of the molecule is CCCCCOC(=O)C1=C(C)NC(=O)NC1c1cc(OC)ccc1OC. The van der Waals surface area contributed by atoms with Crippen molar-refractivity contribution >= 4 is 12.0 Å². The molecular weight excluding hydrogens is 336 g/mol. The molecular formula is C19H26N2O5. The molecule has 142 valence electrons. The number of urea groups is 1. The Balaban J connectivity index is 2.36. The highest BCUT2D eigenvalue weighted by Gasteiger charge is 2.34. The van der Waals surface area contributed by atoms with Crippen LogP contribution in [-0.2, 0) is 9.53 Å². The minimum Gasteiger partial charge on any atom is -0.497 e. The van der Waals surface area contributed by atoms with Gasteiger partial charge in [-0.15, -0.1) is 0 Å². The van der Waals surface area contributed by atoms with E-state index in [1.165, 1.54) is 7.11 Å². The number of nitrogens with one attached hydrogen (secondary N) is 2. The molecule has 1 aliphatic heterocycles. The number of carbonyl (C=O) groups is 2. The molecule has 0 spiro atoms. The quantitative estimate of drug-likeness (QED) is 0.548. The highest BCUT2D eigenvalue weighted by molar-refractivity contribution is 5.95. The van der Waals surface area contributed by atoms with Gasteiger partial charge in [-0.25, -0.2) is 9.59 Å².